The number of hydrogen-bond donors (Lipinski definition) is 1. The highest BCUT2D eigenvalue weighted by Crippen LogP contribution is 2.31. The van der Waals surface area contributed by atoms with Crippen LogP contribution in [0, 0.1) is 18.7 Å². The van der Waals surface area contributed by atoms with Gasteiger partial charge >= 0.3 is 0 Å². The fourth-order valence-electron chi connectivity index (χ4n) is 3.52. The molecule has 2 heterocycles. The number of halogens is 1. The lowest BCUT2D eigenvalue weighted by molar-refractivity contribution is -0.120. The van der Waals surface area contributed by atoms with Crippen molar-refractivity contribution in [3.05, 3.63) is 72.3 Å². The molecular formula is C23H23FN4O2. The van der Waals surface area contributed by atoms with Crippen molar-refractivity contribution in [2.45, 2.75) is 19.8 Å². The van der Waals surface area contributed by atoms with E-state index < -0.39 is 0 Å². The first-order valence-electron chi connectivity index (χ1n) is 9.95. The molecule has 30 heavy (non-hydrogen) atoms. The third kappa shape index (κ3) is 4.74. The Hall–Kier alpha value is -3.48. The van der Waals surface area contributed by atoms with Crippen LogP contribution in [0.4, 0.5) is 15.9 Å². The molecule has 2 aromatic carbocycles. The fraction of sp³-hybridized carbons (Fsp3) is 0.261. The summed E-state index contributed by atoms with van der Waals surface area (Å²) in [6, 6.07) is 13.6. The van der Waals surface area contributed by atoms with Gasteiger partial charge in [-0.15, -0.1) is 0 Å². The Kier molecular flexibility index (Phi) is 5.88. The van der Waals surface area contributed by atoms with E-state index in [4.69, 9.17) is 4.74 Å². The van der Waals surface area contributed by atoms with E-state index in [2.05, 4.69) is 15.3 Å². The molecule has 6 nitrogen and oxygen atoms in total. The Morgan fingerprint density at radius 2 is 1.97 bits per heavy atom. The van der Waals surface area contributed by atoms with Crippen molar-refractivity contribution in [2.24, 2.45) is 5.92 Å². The van der Waals surface area contributed by atoms with Gasteiger partial charge in [0.2, 0.25) is 5.91 Å². The van der Waals surface area contributed by atoms with Crippen molar-refractivity contribution < 1.29 is 13.9 Å². The number of nitrogens with zero attached hydrogens (tertiary/aromatic N) is 3. The van der Waals surface area contributed by atoms with Crippen LogP contribution >= 0.6 is 0 Å². The van der Waals surface area contributed by atoms with Crippen LogP contribution < -0.4 is 15.0 Å². The second kappa shape index (κ2) is 8.90. The number of benzene rings is 2. The first-order chi connectivity index (χ1) is 14.6. The number of amides is 1. The van der Waals surface area contributed by atoms with Gasteiger partial charge in [-0.05, 0) is 50.1 Å². The highest BCUT2D eigenvalue weighted by Gasteiger charge is 2.28. The van der Waals surface area contributed by atoms with Crippen LogP contribution in [0.1, 0.15) is 18.4 Å². The molecule has 1 aliphatic rings. The second-order valence-corrected chi connectivity index (χ2v) is 7.38. The summed E-state index contributed by atoms with van der Waals surface area (Å²) in [6.45, 7) is 3.26. The van der Waals surface area contributed by atoms with Crippen molar-refractivity contribution >= 4 is 17.4 Å². The summed E-state index contributed by atoms with van der Waals surface area (Å²) in [7, 11) is 0. The molecule has 4 rings (SSSR count). The number of carbonyl (C=O) groups is 1. The number of carbonyl (C=O) groups excluding carboxylic acids is 1. The minimum atomic E-state index is -0.379. The zero-order chi connectivity index (χ0) is 20.9. The summed E-state index contributed by atoms with van der Waals surface area (Å²) in [4.78, 5) is 23.6. The van der Waals surface area contributed by atoms with Crippen LogP contribution in [0.2, 0.25) is 0 Å². The van der Waals surface area contributed by atoms with E-state index in [1.807, 2.05) is 36.1 Å². The van der Waals surface area contributed by atoms with Gasteiger partial charge in [-0.1, -0.05) is 23.8 Å². The van der Waals surface area contributed by atoms with Gasteiger partial charge in [0, 0.05) is 31.2 Å². The lowest BCUT2D eigenvalue weighted by Gasteiger charge is -2.33. The van der Waals surface area contributed by atoms with E-state index in [9.17, 15) is 9.18 Å². The Balaban J connectivity index is 1.48. The van der Waals surface area contributed by atoms with E-state index >= 15 is 0 Å². The summed E-state index contributed by atoms with van der Waals surface area (Å²) < 4.78 is 19.4. The van der Waals surface area contributed by atoms with E-state index in [0.717, 1.165) is 24.9 Å². The topological polar surface area (TPSA) is 67.4 Å². The van der Waals surface area contributed by atoms with Crippen molar-refractivity contribution in [1.29, 1.82) is 0 Å². The standard InChI is InChI=1S/C23H23FN4O2/c1-16-7-9-20(10-8-16)30-23-21(25-11-12-26-23)28-13-3-4-17(15-28)22(29)27-19-6-2-5-18(24)14-19/h2,5-12,14,17H,3-4,13,15H2,1H3,(H,27,29)/t17-/m1/s1. The van der Waals surface area contributed by atoms with E-state index in [0.29, 0.717) is 29.7 Å². The molecular weight excluding hydrogens is 383 g/mol. The Labute approximate surface area is 174 Å². The lowest BCUT2D eigenvalue weighted by Crippen LogP contribution is -2.41. The predicted octanol–water partition coefficient (Wildman–Crippen LogP) is 4.57. The maximum Gasteiger partial charge on any atom is 0.263 e. The Bertz CT molecular complexity index is 1030. The van der Waals surface area contributed by atoms with Crippen molar-refractivity contribution in [3.8, 4) is 11.6 Å². The summed E-state index contributed by atoms with van der Waals surface area (Å²) in [5, 5.41) is 2.81. The molecule has 0 radical (unpaired) electrons. The summed E-state index contributed by atoms with van der Waals surface area (Å²) in [5.74, 6) is 0.954. The number of aryl methyl sites for hydroxylation is 1. The predicted molar refractivity (Wildman–Crippen MR) is 113 cm³/mol. The van der Waals surface area contributed by atoms with Gasteiger partial charge in [0.15, 0.2) is 5.82 Å². The van der Waals surface area contributed by atoms with E-state index in [1.165, 1.54) is 12.1 Å². The molecule has 0 aliphatic carbocycles. The molecule has 0 bridgehead atoms. The zero-order valence-electron chi connectivity index (χ0n) is 16.7. The van der Waals surface area contributed by atoms with Crippen molar-refractivity contribution in [3.63, 3.8) is 0 Å². The lowest BCUT2D eigenvalue weighted by atomic mass is 9.97. The fourth-order valence-corrected chi connectivity index (χ4v) is 3.52. The van der Waals surface area contributed by atoms with Gasteiger partial charge < -0.3 is 15.0 Å². The summed E-state index contributed by atoms with van der Waals surface area (Å²) in [6.07, 6.45) is 4.80. The van der Waals surface area contributed by atoms with Crippen LogP contribution in [-0.4, -0.2) is 29.0 Å². The van der Waals surface area contributed by atoms with Gasteiger partial charge in [-0.3, -0.25) is 4.79 Å². The van der Waals surface area contributed by atoms with Crippen molar-refractivity contribution in [1.82, 2.24) is 9.97 Å². The highest BCUT2D eigenvalue weighted by molar-refractivity contribution is 5.93. The number of anilines is 2. The molecule has 3 aromatic rings. The van der Waals surface area contributed by atoms with Gasteiger partial charge in [-0.25, -0.2) is 14.4 Å². The van der Waals surface area contributed by atoms with Crippen molar-refractivity contribution in [2.75, 3.05) is 23.3 Å². The zero-order valence-corrected chi connectivity index (χ0v) is 16.7. The number of nitrogens with one attached hydrogen (secondary N) is 1. The molecule has 1 aliphatic heterocycles. The number of ether oxygens (including phenoxy) is 1. The average Bonchev–Trinajstić information content (AvgIpc) is 2.76. The molecule has 0 saturated carbocycles. The summed E-state index contributed by atoms with van der Waals surface area (Å²) in [5.41, 5.74) is 1.60. The molecule has 1 N–H and O–H groups in total. The van der Waals surface area contributed by atoms with Crippen LogP contribution in [-0.2, 0) is 4.79 Å². The van der Waals surface area contributed by atoms with Gasteiger partial charge in [-0.2, -0.15) is 0 Å². The SMILES string of the molecule is Cc1ccc(Oc2nccnc2N2CCC[C@@H](C(=O)Nc3cccc(F)c3)C2)cc1. The molecule has 1 aromatic heterocycles. The van der Waals surface area contributed by atoms with Crippen LogP contribution in [0.15, 0.2) is 60.9 Å². The molecule has 1 amide bonds. The largest absolute Gasteiger partial charge is 0.436 e. The van der Waals surface area contributed by atoms with Gasteiger partial charge in [0.1, 0.15) is 11.6 Å². The quantitative estimate of drug-likeness (QED) is 0.672. The highest BCUT2D eigenvalue weighted by atomic mass is 19.1. The third-order valence-corrected chi connectivity index (χ3v) is 5.07. The van der Waals surface area contributed by atoms with E-state index in [1.54, 1.807) is 24.5 Å². The number of aromatic nitrogens is 2. The normalized spacial score (nSPS) is 16.2. The van der Waals surface area contributed by atoms with E-state index in [-0.39, 0.29) is 17.6 Å². The maximum absolute atomic E-state index is 13.4. The number of hydrogen-bond acceptors (Lipinski definition) is 5. The van der Waals surface area contributed by atoms with Crippen LogP contribution in [0.5, 0.6) is 11.6 Å². The number of rotatable bonds is 5. The first kappa shape index (κ1) is 19.8. The molecule has 1 saturated heterocycles. The molecule has 0 unspecified atom stereocenters. The van der Waals surface area contributed by atoms with Gasteiger partial charge in [0.25, 0.3) is 5.88 Å². The minimum Gasteiger partial charge on any atom is -0.436 e. The van der Waals surface area contributed by atoms with Gasteiger partial charge in [0.05, 0.1) is 5.92 Å². The first-order valence-corrected chi connectivity index (χ1v) is 9.95. The number of piperidine rings is 1. The third-order valence-electron chi connectivity index (χ3n) is 5.07. The average molecular weight is 406 g/mol. The smallest absolute Gasteiger partial charge is 0.263 e. The van der Waals surface area contributed by atoms with Crippen LogP contribution in [0.25, 0.3) is 0 Å². The Morgan fingerprint density at radius 1 is 1.17 bits per heavy atom. The second-order valence-electron chi connectivity index (χ2n) is 7.38. The summed E-state index contributed by atoms with van der Waals surface area (Å²) >= 11 is 0. The van der Waals surface area contributed by atoms with Crippen LogP contribution in [0.3, 0.4) is 0 Å². The minimum absolute atomic E-state index is 0.129. The monoisotopic (exact) mass is 406 g/mol. The maximum atomic E-state index is 13.4. The molecule has 0 spiro atoms. The molecule has 1 fully saturated rings. The Morgan fingerprint density at radius 3 is 2.77 bits per heavy atom. The molecule has 154 valence electrons. The molecule has 7 heteroatoms. The molecule has 1 atom stereocenters.